The predicted octanol–water partition coefficient (Wildman–Crippen LogP) is 2.08. The van der Waals surface area contributed by atoms with E-state index in [2.05, 4.69) is 0 Å². The second-order valence-electron chi connectivity index (χ2n) is 4.75. The minimum absolute atomic E-state index is 0.227. The molecule has 0 aromatic heterocycles. The smallest absolute Gasteiger partial charge is 0.337 e. The van der Waals surface area contributed by atoms with Gasteiger partial charge in [0.15, 0.2) is 0 Å². The van der Waals surface area contributed by atoms with E-state index in [4.69, 9.17) is 33.4 Å². The first-order chi connectivity index (χ1) is 9.97. The molecule has 0 saturated carbocycles. The first-order valence-corrected chi connectivity index (χ1v) is 8.18. The van der Waals surface area contributed by atoms with Crippen molar-refractivity contribution < 1.29 is 28.2 Å². The largest absolute Gasteiger partial charge is 0.480 e. The normalized spacial score (nSPS) is 13.1. The number of carboxylic acids is 2. The molecule has 3 N–H and O–H groups in total. The molecule has 0 aliphatic heterocycles. The zero-order chi connectivity index (χ0) is 17.2. The van der Waals surface area contributed by atoms with Gasteiger partial charge in [0.1, 0.15) is 10.9 Å². The summed E-state index contributed by atoms with van der Waals surface area (Å²) in [5.74, 6) is -3.32. The molecule has 0 heterocycles. The van der Waals surface area contributed by atoms with Crippen LogP contribution < -0.4 is 4.72 Å². The summed E-state index contributed by atoms with van der Waals surface area (Å²) in [6.07, 6.45) is 0. The second kappa shape index (κ2) is 6.82. The van der Waals surface area contributed by atoms with Gasteiger partial charge in [-0.3, -0.25) is 4.79 Å². The highest BCUT2D eigenvalue weighted by atomic mass is 35.5. The van der Waals surface area contributed by atoms with Gasteiger partial charge in [-0.15, -0.1) is 0 Å². The molecule has 1 rings (SSSR count). The average molecular weight is 370 g/mol. The fraction of sp³-hybridized carbons (Fsp3) is 0.333. The first-order valence-electron chi connectivity index (χ1n) is 5.95. The summed E-state index contributed by atoms with van der Waals surface area (Å²) in [4.78, 5) is 21.6. The molecule has 0 radical (unpaired) electrons. The van der Waals surface area contributed by atoms with E-state index in [1.807, 2.05) is 4.72 Å². The highest BCUT2D eigenvalue weighted by Crippen LogP contribution is 2.29. The van der Waals surface area contributed by atoms with E-state index in [0.29, 0.717) is 0 Å². The van der Waals surface area contributed by atoms with Gasteiger partial charge in [-0.05, 0) is 18.1 Å². The molecule has 1 atom stereocenters. The van der Waals surface area contributed by atoms with Gasteiger partial charge in [0.25, 0.3) is 0 Å². The van der Waals surface area contributed by atoms with Gasteiger partial charge in [0.05, 0.1) is 15.6 Å². The lowest BCUT2D eigenvalue weighted by Gasteiger charge is -2.18. The van der Waals surface area contributed by atoms with Gasteiger partial charge in [0.2, 0.25) is 10.0 Å². The number of nitrogens with one attached hydrogen (secondary N) is 1. The Morgan fingerprint density at radius 1 is 1.14 bits per heavy atom. The van der Waals surface area contributed by atoms with Gasteiger partial charge >= 0.3 is 11.9 Å². The number of rotatable bonds is 6. The molecule has 0 saturated heterocycles. The van der Waals surface area contributed by atoms with E-state index in [1.54, 1.807) is 0 Å². The maximum absolute atomic E-state index is 12.3. The second-order valence-corrected chi connectivity index (χ2v) is 7.25. The van der Waals surface area contributed by atoms with Gasteiger partial charge in [0, 0.05) is 0 Å². The SMILES string of the molecule is CC(C)[C@H](NS(=O)(=O)c1cc(C(=O)O)c(Cl)cc1Cl)C(=O)O. The lowest BCUT2D eigenvalue weighted by Crippen LogP contribution is -2.44. The van der Waals surface area contributed by atoms with Crippen LogP contribution in [0.1, 0.15) is 24.2 Å². The van der Waals surface area contributed by atoms with E-state index in [1.165, 1.54) is 13.8 Å². The van der Waals surface area contributed by atoms with Crippen molar-refractivity contribution in [3.05, 3.63) is 27.7 Å². The van der Waals surface area contributed by atoms with Crippen molar-refractivity contribution in [3.63, 3.8) is 0 Å². The third kappa shape index (κ3) is 4.10. The van der Waals surface area contributed by atoms with Crippen LogP contribution in [0, 0.1) is 5.92 Å². The third-order valence-electron chi connectivity index (χ3n) is 2.76. The van der Waals surface area contributed by atoms with Crippen LogP contribution in [-0.2, 0) is 14.8 Å². The van der Waals surface area contributed by atoms with Crippen LogP contribution in [0.3, 0.4) is 0 Å². The standard InChI is InChI=1S/C12H13Cl2NO6S/c1-5(2)10(12(18)19)15-22(20,21)9-3-6(11(16)17)7(13)4-8(9)14/h3-5,10,15H,1-2H3,(H,16,17)(H,18,19)/t10-/m0/s1. The Balaban J connectivity index is 3.37. The number of hydrogen-bond acceptors (Lipinski definition) is 4. The van der Waals surface area contributed by atoms with Crippen molar-refractivity contribution in [2.24, 2.45) is 5.92 Å². The molecule has 0 amide bonds. The summed E-state index contributed by atoms with van der Waals surface area (Å²) in [5.41, 5.74) is -0.456. The maximum atomic E-state index is 12.3. The molecule has 0 spiro atoms. The van der Waals surface area contributed by atoms with Crippen molar-refractivity contribution >= 4 is 45.2 Å². The van der Waals surface area contributed by atoms with E-state index in [0.717, 1.165) is 12.1 Å². The van der Waals surface area contributed by atoms with Crippen LogP contribution in [0.25, 0.3) is 0 Å². The van der Waals surface area contributed by atoms with Crippen molar-refractivity contribution in [2.75, 3.05) is 0 Å². The summed E-state index contributed by atoms with van der Waals surface area (Å²) < 4.78 is 26.5. The molecular weight excluding hydrogens is 357 g/mol. The van der Waals surface area contributed by atoms with Gasteiger partial charge in [-0.25, -0.2) is 13.2 Å². The van der Waals surface area contributed by atoms with Crippen LogP contribution in [0.2, 0.25) is 10.0 Å². The first kappa shape index (κ1) is 18.7. The molecule has 0 bridgehead atoms. The van der Waals surface area contributed by atoms with Crippen LogP contribution in [0.15, 0.2) is 17.0 Å². The van der Waals surface area contributed by atoms with Crippen LogP contribution in [0.5, 0.6) is 0 Å². The fourth-order valence-electron chi connectivity index (χ4n) is 1.60. The number of benzene rings is 1. The van der Waals surface area contributed by atoms with Crippen LogP contribution in [0.4, 0.5) is 0 Å². The summed E-state index contributed by atoms with van der Waals surface area (Å²) in [7, 11) is -4.34. The van der Waals surface area contributed by atoms with Gasteiger partial charge in [-0.2, -0.15) is 4.72 Å². The predicted molar refractivity (Wildman–Crippen MR) is 80.0 cm³/mol. The number of halogens is 2. The van der Waals surface area contributed by atoms with Crippen molar-refractivity contribution in [1.82, 2.24) is 4.72 Å². The van der Waals surface area contributed by atoms with Crippen LogP contribution in [-0.4, -0.2) is 36.6 Å². The molecule has 1 aromatic carbocycles. The Labute approximate surface area is 136 Å². The minimum atomic E-state index is -4.34. The maximum Gasteiger partial charge on any atom is 0.337 e. The summed E-state index contributed by atoms with van der Waals surface area (Å²) in [6.45, 7) is 3.04. The van der Waals surface area contributed by atoms with E-state index < -0.39 is 44.4 Å². The van der Waals surface area contributed by atoms with Crippen molar-refractivity contribution in [3.8, 4) is 0 Å². The molecule has 22 heavy (non-hydrogen) atoms. The number of aliphatic carboxylic acids is 1. The average Bonchev–Trinajstić information content (AvgIpc) is 2.34. The zero-order valence-electron chi connectivity index (χ0n) is 11.5. The Bertz CT molecular complexity index is 717. The third-order valence-corrected chi connectivity index (χ3v) is 4.97. The topological polar surface area (TPSA) is 121 Å². The van der Waals surface area contributed by atoms with Gasteiger partial charge < -0.3 is 10.2 Å². The molecule has 0 aliphatic rings. The summed E-state index contributed by atoms with van der Waals surface area (Å²) in [5, 5.41) is 17.5. The highest BCUT2D eigenvalue weighted by molar-refractivity contribution is 7.89. The molecule has 122 valence electrons. The Hall–Kier alpha value is -1.35. The lowest BCUT2D eigenvalue weighted by atomic mass is 10.1. The van der Waals surface area contributed by atoms with Crippen molar-refractivity contribution in [1.29, 1.82) is 0 Å². The van der Waals surface area contributed by atoms with Crippen molar-refractivity contribution in [2.45, 2.75) is 24.8 Å². The van der Waals surface area contributed by atoms with Crippen LogP contribution >= 0.6 is 23.2 Å². The molecule has 0 unspecified atom stereocenters. The quantitative estimate of drug-likeness (QED) is 0.705. The molecule has 0 aliphatic carbocycles. The van der Waals surface area contributed by atoms with Gasteiger partial charge in [-0.1, -0.05) is 37.0 Å². The lowest BCUT2D eigenvalue weighted by molar-refractivity contribution is -0.140. The Kier molecular flexibility index (Phi) is 5.80. The van der Waals surface area contributed by atoms with E-state index >= 15 is 0 Å². The monoisotopic (exact) mass is 369 g/mol. The number of hydrogen-bond donors (Lipinski definition) is 3. The summed E-state index contributed by atoms with van der Waals surface area (Å²) in [6, 6.07) is 0.380. The Morgan fingerprint density at radius 2 is 1.68 bits per heavy atom. The molecule has 1 aromatic rings. The molecular formula is C12H13Cl2NO6S. The van der Waals surface area contributed by atoms with E-state index in [9.17, 15) is 18.0 Å². The highest BCUT2D eigenvalue weighted by Gasteiger charge is 2.30. The molecule has 0 fully saturated rings. The number of sulfonamides is 1. The Morgan fingerprint density at radius 3 is 2.09 bits per heavy atom. The summed E-state index contributed by atoms with van der Waals surface area (Å²) >= 11 is 11.5. The molecule has 10 heteroatoms. The zero-order valence-corrected chi connectivity index (χ0v) is 13.8. The minimum Gasteiger partial charge on any atom is -0.480 e. The van der Waals surface area contributed by atoms with E-state index in [-0.39, 0.29) is 10.0 Å². The number of carbonyl (C=O) groups is 2. The fourth-order valence-corrected chi connectivity index (χ4v) is 3.79. The molecule has 7 nitrogen and oxygen atoms in total. The number of carboxylic acid groups (broad SMARTS) is 2. The number of aromatic carboxylic acids is 1.